The maximum Gasteiger partial charge on any atom is 0.243 e. The highest BCUT2D eigenvalue weighted by Crippen LogP contribution is 2.28. The van der Waals surface area contributed by atoms with Gasteiger partial charge in [0.05, 0.1) is 4.90 Å². The Labute approximate surface area is 109 Å². The molecular formula is C13H20N2O2S. The summed E-state index contributed by atoms with van der Waals surface area (Å²) in [7, 11) is -1.48. The van der Waals surface area contributed by atoms with Crippen molar-refractivity contribution in [3.63, 3.8) is 0 Å². The number of nitrogens with one attached hydrogen (secondary N) is 1. The van der Waals surface area contributed by atoms with Crippen molar-refractivity contribution in [3.8, 4) is 0 Å². The quantitative estimate of drug-likeness (QED) is 0.913. The van der Waals surface area contributed by atoms with Gasteiger partial charge in [-0.25, -0.2) is 8.42 Å². The first-order chi connectivity index (χ1) is 8.46. The van der Waals surface area contributed by atoms with E-state index in [-0.39, 0.29) is 0 Å². The summed E-state index contributed by atoms with van der Waals surface area (Å²) in [4.78, 5) is 0.475. The third-order valence-electron chi connectivity index (χ3n) is 3.41. The number of nitrogens with zero attached hydrogens (tertiary/aromatic N) is 1. The number of hydrogen-bond acceptors (Lipinski definition) is 3. The minimum absolute atomic E-state index is 0.475. The summed E-state index contributed by atoms with van der Waals surface area (Å²) >= 11 is 0. The summed E-state index contributed by atoms with van der Waals surface area (Å²) < 4.78 is 26.8. The van der Waals surface area contributed by atoms with Gasteiger partial charge in [-0.05, 0) is 49.9 Å². The molecule has 0 radical (unpaired) electrons. The van der Waals surface area contributed by atoms with Crippen LogP contribution in [0.5, 0.6) is 0 Å². The number of aryl methyl sites for hydroxylation is 2. The van der Waals surface area contributed by atoms with Crippen molar-refractivity contribution in [1.29, 1.82) is 0 Å². The second-order valence-corrected chi connectivity index (χ2v) is 6.68. The molecule has 2 rings (SSSR count). The fourth-order valence-electron chi connectivity index (χ4n) is 2.56. The van der Waals surface area contributed by atoms with E-state index in [1.807, 2.05) is 33.0 Å². The highest BCUT2D eigenvalue weighted by molar-refractivity contribution is 7.89. The Bertz CT molecular complexity index is 523. The van der Waals surface area contributed by atoms with Gasteiger partial charge in [-0.2, -0.15) is 4.31 Å². The molecule has 0 aliphatic carbocycles. The molecule has 1 aliphatic heterocycles. The average Bonchev–Trinajstić information content (AvgIpc) is 2.81. The molecule has 1 aliphatic rings. The van der Waals surface area contributed by atoms with Crippen molar-refractivity contribution in [2.45, 2.75) is 31.6 Å². The molecule has 100 valence electrons. The Morgan fingerprint density at radius 3 is 2.06 bits per heavy atom. The van der Waals surface area contributed by atoms with Crippen molar-refractivity contribution in [1.82, 2.24) is 4.31 Å². The molecule has 0 atom stereocenters. The Balaban J connectivity index is 2.50. The van der Waals surface area contributed by atoms with E-state index in [9.17, 15) is 8.42 Å². The number of hydrogen-bond donors (Lipinski definition) is 1. The van der Waals surface area contributed by atoms with Crippen LogP contribution in [-0.2, 0) is 10.0 Å². The molecule has 0 aromatic heterocycles. The zero-order valence-corrected chi connectivity index (χ0v) is 12.0. The van der Waals surface area contributed by atoms with E-state index in [0.29, 0.717) is 18.0 Å². The van der Waals surface area contributed by atoms with Gasteiger partial charge in [-0.3, -0.25) is 0 Å². The van der Waals surface area contributed by atoms with Gasteiger partial charge < -0.3 is 5.32 Å². The zero-order chi connectivity index (χ0) is 13.3. The van der Waals surface area contributed by atoms with E-state index in [1.54, 1.807) is 4.31 Å². The lowest BCUT2D eigenvalue weighted by Crippen LogP contribution is -2.29. The third-order valence-corrected chi connectivity index (χ3v) is 5.62. The summed E-state index contributed by atoms with van der Waals surface area (Å²) in [5.41, 5.74) is 2.57. The number of rotatable bonds is 3. The molecule has 1 fully saturated rings. The van der Waals surface area contributed by atoms with Crippen LogP contribution in [0.15, 0.2) is 17.0 Å². The van der Waals surface area contributed by atoms with Gasteiger partial charge in [0.25, 0.3) is 0 Å². The zero-order valence-electron chi connectivity index (χ0n) is 11.2. The molecule has 1 saturated heterocycles. The second kappa shape index (κ2) is 4.90. The molecule has 0 bridgehead atoms. The highest BCUT2D eigenvalue weighted by atomic mass is 32.2. The minimum atomic E-state index is -3.32. The topological polar surface area (TPSA) is 49.4 Å². The van der Waals surface area contributed by atoms with Gasteiger partial charge in [0, 0.05) is 25.8 Å². The SMILES string of the molecule is CNc1cc(C)c(S(=O)(=O)N2CCCC2)c(C)c1. The average molecular weight is 268 g/mol. The Morgan fingerprint density at radius 1 is 1.11 bits per heavy atom. The molecule has 18 heavy (non-hydrogen) atoms. The maximum absolute atomic E-state index is 12.6. The highest BCUT2D eigenvalue weighted by Gasteiger charge is 2.29. The van der Waals surface area contributed by atoms with E-state index in [1.165, 1.54) is 0 Å². The Morgan fingerprint density at radius 2 is 1.61 bits per heavy atom. The van der Waals surface area contributed by atoms with Crippen LogP contribution in [0, 0.1) is 13.8 Å². The fourth-order valence-corrected chi connectivity index (χ4v) is 4.49. The van der Waals surface area contributed by atoms with E-state index < -0.39 is 10.0 Å². The largest absolute Gasteiger partial charge is 0.388 e. The van der Waals surface area contributed by atoms with Gasteiger partial charge in [-0.15, -0.1) is 0 Å². The number of benzene rings is 1. The van der Waals surface area contributed by atoms with E-state index >= 15 is 0 Å². The predicted molar refractivity (Wildman–Crippen MR) is 73.5 cm³/mol. The van der Waals surface area contributed by atoms with Crippen LogP contribution in [0.3, 0.4) is 0 Å². The van der Waals surface area contributed by atoms with Crippen LogP contribution >= 0.6 is 0 Å². The Hall–Kier alpha value is -1.07. The van der Waals surface area contributed by atoms with Crippen LogP contribution in [0.1, 0.15) is 24.0 Å². The third kappa shape index (κ3) is 2.24. The van der Waals surface area contributed by atoms with E-state index in [4.69, 9.17) is 0 Å². The minimum Gasteiger partial charge on any atom is -0.388 e. The van der Waals surface area contributed by atoms with Gasteiger partial charge in [0.2, 0.25) is 10.0 Å². The molecule has 0 saturated carbocycles. The molecule has 4 nitrogen and oxygen atoms in total. The summed E-state index contributed by atoms with van der Waals surface area (Å²) in [6, 6.07) is 3.77. The van der Waals surface area contributed by atoms with Gasteiger partial charge >= 0.3 is 0 Å². The summed E-state index contributed by atoms with van der Waals surface area (Å²) in [5.74, 6) is 0. The lowest BCUT2D eigenvalue weighted by atomic mass is 10.1. The first-order valence-electron chi connectivity index (χ1n) is 6.26. The number of anilines is 1. The smallest absolute Gasteiger partial charge is 0.243 e. The summed E-state index contributed by atoms with van der Waals surface area (Å²) in [6.07, 6.45) is 1.93. The first kappa shape index (κ1) is 13.4. The van der Waals surface area contributed by atoms with Crippen molar-refractivity contribution in [2.24, 2.45) is 0 Å². The standard InChI is InChI=1S/C13H20N2O2S/c1-10-8-12(14-3)9-11(2)13(10)18(16,17)15-6-4-5-7-15/h8-9,14H,4-7H2,1-3H3. The second-order valence-electron chi connectivity index (χ2n) is 4.80. The van der Waals surface area contributed by atoms with Gasteiger partial charge in [0.15, 0.2) is 0 Å². The van der Waals surface area contributed by atoms with Crippen LogP contribution < -0.4 is 5.32 Å². The molecule has 1 heterocycles. The van der Waals surface area contributed by atoms with Crippen LogP contribution in [0.4, 0.5) is 5.69 Å². The summed E-state index contributed by atoms with van der Waals surface area (Å²) in [6.45, 7) is 5.01. The van der Waals surface area contributed by atoms with Crippen molar-refractivity contribution in [3.05, 3.63) is 23.3 Å². The molecule has 1 aromatic rings. The van der Waals surface area contributed by atoms with E-state index in [2.05, 4.69) is 5.32 Å². The fraction of sp³-hybridized carbons (Fsp3) is 0.538. The van der Waals surface area contributed by atoms with Crippen molar-refractivity contribution < 1.29 is 8.42 Å². The number of sulfonamides is 1. The molecule has 0 spiro atoms. The van der Waals surface area contributed by atoms with Crippen LogP contribution in [0.2, 0.25) is 0 Å². The monoisotopic (exact) mass is 268 g/mol. The molecule has 0 amide bonds. The van der Waals surface area contributed by atoms with Crippen molar-refractivity contribution in [2.75, 3.05) is 25.5 Å². The normalized spacial score (nSPS) is 17.1. The Kier molecular flexibility index (Phi) is 3.64. The lowest BCUT2D eigenvalue weighted by Gasteiger charge is -2.19. The van der Waals surface area contributed by atoms with Gasteiger partial charge in [0.1, 0.15) is 0 Å². The maximum atomic E-state index is 12.6. The molecule has 1 aromatic carbocycles. The van der Waals surface area contributed by atoms with Crippen LogP contribution in [-0.4, -0.2) is 32.9 Å². The molecule has 5 heteroatoms. The van der Waals surface area contributed by atoms with E-state index in [0.717, 1.165) is 29.7 Å². The van der Waals surface area contributed by atoms with Crippen LogP contribution in [0.25, 0.3) is 0 Å². The first-order valence-corrected chi connectivity index (χ1v) is 7.70. The van der Waals surface area contributed by atoms with Gasteiger partial charge in [-0.1, -0.05) is 0 Å². The predicted octanol–water partition coefficient (Wildman–Crippen LogP) is 2.13. The molecular weight excluding hydrogens is 248 g/mol. The molecule has 0 unspecified atom stereocenters. The summed E-state index contributed by atoms with van der Waals surface area (Å²) in [5, 5.41) is 3.05. The lowest BCUT2D eigenvalue weighted by molar-refractivity contribution is 0.476. The molecule has 1 N–H and O–H groups in total. The van der Waals surface area contributed by atoms with Crippen molar-refractivity contribution >= 4 is 15.7 Å².